The normalized spacial score (nSPS) is 13.6. The number of hydrogen-bond donors (Lipinski definition) is 2. The Morgan fingerprint density at radius 3 is 2.27 bits per heavy atom. The number of nitrogens with two attached hydrogens (primary N) is 1. The first-order valence-corrected chi connectivity index (χ1v) is 11.2. The number of nitrogens with zero attached hydrogens (tertiary/aromatic N) is 1. The standard InChI is InChI=1S/C16H22N2O5S3/c1-15(2,3)23-13(21)16(17,12(19)20)10-24-26-25-14(22)18(4)11-8-6-5-7-9-11/h5-9H,10,17H2,1-4H3,(H,19,20)/t16-/m0/s1. The average molecular weight is 419 g/mol. The average Bonchev–Trinajstić information content (AvgIpc) is 2.56. The fourth-order valence-corrected chi connectivity index (χ4v) is 5.11. The van der Waals surface area contributed by atoms with Crippen LogP contribution in [0.2, 0.25) is 0 Å². The number of rotatable bonds is 7. The molecular weight excluding hydrogens is 396 g/mol. The van der Waals surface area contributed by atoms with Crippen molar-refractivity contribution in [2.24, 2.45) is 5.73 Å². The minimum absolute atomic E-state index is 0.232. The lowest BCUT2D eigenvalue weighted by atomic mass is 10.0. The van der Waals surface area contributed by atoms with E-state index in [2.05, 4.69) is 0 Å². The third-order valence-electron chi connectivity index (χ3n) is 3.00. The second-order valence-electron chi connectivity index (χ2n) is 6.35. The first kappa shape index (κ1) is 22.7. The van der Waals surface area contributed by atoms with Gasteiger partial charge in [-0.1, -0.05) is 29.0 Å². The highest BCUT2D eigenvalue weighted by molar-refractivity contribution is 9.12. The van der Waals surface area contributed by atoms with Gasteiger partial charge in [-0.25, -0.2) is 9.59 Å². The van der Waals surface area contributed by atoms with Crippen molar-refractivity contribution >= 4 is 54.3 Å². The number of amides is 1. The van der Waals surface area contributed by atoms with E-state index in [1.807, 2.05) is 18.2 Å². The number of anilines is 1. The molecule has 0 heterocycles. The van der Waals surface area contributed by atoms with E-state index in [-0.39, 0.29) is 11.0 Å². The van der Waals surface area contributed by atoms with Gasteiger partial charge >= 0.3 is 11.9 Å². The quantitative estimate of drug-likeness (QED) is 0.298. The molecule has 0 saturated carbocycles. The molecule has 1 amide bonds. The van der Waals surface area contributed by atoms with Gasteiger partial charge in [-0.15, -0.1) is 0 Å². The Morgan fingerprint density at radius 2 is 1.77 bits per heavy atom. The first-order valence-electron chi connectivity index (χ1n) is 7.52. The van der Waals surface area contributed by atoms with Gasteiger partial charge in [-0.3, -0.25) is 4.79 Å². The smallest absolute Gasteiger partial charge is 0.339 e. The minimum Gasteiger partial charge on any atom is -0.479 e. The van der Waals surface area contributed by atoms with Gasteiger partial charge in [0.05, 0.1) is 0 Å². The van der Waals surface area contributed by atoms with Crippen LogP contribution in [0.15, 0.2) is 30.3 Å². The lowest BCUT2D eigenvalue weighted by Crippen LogP contribution is -2.59. The van der Waals surface area contributed by atoms with Crippen molar-refractivity contribution in [3.05, 3.63) is 30.3 Å². The van der Waals surface area contributed by atoms with Gasteiger partial charge < -0.3 is 20.5 Å². The van der Waals surface area contributed by atoms with Crippen molar-refractivity contribution in [3.63, 3.8) is 0 Å². The zero-order chi connectivity index (χ0) is 20.0. The summed E-state index contributed by atoms with van der Waals surface area (Å²) >= 11 is 0. The molecule has 0 bridgehead atoms. The summed E-state index contributed by atoms with van der Waals surface area (Å²) in [7, 11) is 4.63. The SMILES string of the molecule is CN(C(=O)SSSC[C@](N)(C(=O)O)C(=O)OC(C)(C)C)c1ccccc1. The van der Waals surface area contributed by atoms with E-state index in [4.69, 9.17) is 10.5 Å². The molecule has 0 radical (unpaired) electrons. The Kier molecular flexibility index (Phi) is 8.32. The lowest BCUT2D eigenvalue weighted by molar-refractivity contribution is -0.167. The molecule has 1 rings (SSSR count). The fourth-order valence-electron chi connectivity index (χ4n) is 1.56. The van der Waals surface area contributed by atoms with Gasteiger partial charge in [0.25, 0.3) is 5.24 Å². The Bertz CT molecular complexity index is 651. The summed E-state index contributed by atoms with van der Waals surface area (Å²) in [5.41, 5.74) is 3.46. The molecule has 10 heteroatoms. The molecule has 3 N–H and O–H groups in total. The maximum absolute atomic E-state index is 12.1. The minimum atomic E-state index is -2.18. The van der Waals surface area contributed by atoms with Gasteiger partial charge in [0.15, 0.2) is 0 Å². The highest BCUT2D eigenvalue weighted by atomic mass is 33.5. The number of para-hydroxylation sites is 1. The van der Waals surface area contributed by atoms with Crippen molar-refractivity contribution in [1.29, 1.82) is 0 Å². The Labute approximate surface area is 164 Å². The summed E-state index contributed by atoms with van der Waals surface area (Å²) in [4.78, 5) is 37.2. The maximum Gasteiger partial charge on any atom is 0.339 e. The maximum atomic E-state index is 12.1. The molecule has 0 fully saturated rings. The number of carboxylic acids is 1. The monoisotopic (exact) mass is 418 g/mol. The van der Waals surface area contributed by atoms with E-state index < -0.39 is 23.1 Å². The van der Waals surface area contributed by atoms with Crippen LogP contribution in [0.25, 0.3) is 0 Å². The van der Waals surface area contributed by atoms with Crippen LogP contribution in [-0.4, -0.2) is 46.2 Å². The number of benzene rings is 1. The molecule has 0 aliphatic carbocycles. The van der Waals surface area contributed by atoms with Crippen LogP contribution in [0, 0.1) is 0 Å². The zero-order valence-electron chi connectivity index (χ0n) is 14.9. The van der Waals surface area contributed by atoms with Crippen LogP contribution < -0.4 is 10.6 Å². The molecule has 144 valence electrons. The highest BCUT2D eigenvalue weighted by Crippen LogP contribution is 2.38. The van der Waals surface area contributed by atoms with Crippen LogP contribution in [0.1, 0.15) is 20.8 Å². The fraction of sp³-hybridized carbons (Fsp3) is 0.438. The molecule has 26 heavy (non-hydrogen) atoms. The lowest BCUT2D eigenvalue weighted by Gasteiger charge is -2.27. The predicted molar refractivity (Wildman–Crippen MR) is 108 cm³/mol. The van der Waals surface area contributed by atoms with Crippen LogP contribution in [0.3, 0.4) is 0 Å². The molecule has 1 aromatic rings. The second-order valence-corrected chi connectivity index (χ2v) is 10.4. The van der Waals surface area contributed by atoms with Crippen LogP contribution in [-0.2, 0) is 14.3 Å². The molecule has 0 aliphatic heterocycles. The van der Waals surface area contributed by atoms with Crippen molar-refractivity contribution in [3.8, 4) is 0 Å². The summed E-state index contributed by atoms with van der Waals surface area (Å²) in [5.74, 6) is -2.72. The third-order valence-corrected chi connectivity index (χ3v) is 6.91. The summed E-state index contributed by atoms with van der Waals surface area (Å²) in [5, 5.41) is 9.08. The molecule has 0 aromatic heterocycles. The van der Waals surface area contributed by atoms with E-state index in [1.54, 1.807) is 40.0 Å². The van der Waals surface area contributed by atoms with Crippen molar-refractivity contribution in [2.45, 2.75) is 31.9 Å². The summed E-state index contributed by atoms with van der Waals surface area (Å²) < 4.78 is 5.09. The number of esters is 1. The van der Waals surface area contributed by atoms with Gasteiger partial charge in [-0.2, -0.15) is 0 Å². The predicted octanol–water partition coefficient (Wildman–Crippen LogP) is 3.40. The van der Waals surface area contributed by atoms with E-state index in [1.165, 1.54) is 4.90 Å². The molecule has 0 saturated heterocycles. The third kappa shape index (κ3) is 6.75. The number of carbonyl (C=O) groups excluding carboxylic acids is 2. The highest BCUT2D eigenvalue weighted by Gasteiger charge is 2.45. The Hall–Kier alpha value is -1.36. The van der Waals surface area contributed by atoms with E-state index >= 15 is 0 Å². The molecule has 1 atom stereocenters. The topological polar surface area (TPSA) is 110 Å². The summed E-state index contributed by atoms with van der Waals surface area (Å²) in [6, 6.07) is 9.09. The number of carboxylic acid groups (broad SMARTS) is 1. The van der Waals surface area contributed by atoms with E-state index in [0.29, 0.717) is 0 Å². The van der Waals surface area contributed by atoms with Crippen molar-refractivity contribution in [2.75, 3.05) is 17.7 Å². The molecule has 0 aliphatic rings. The Morgan fingerprint density at radius 1 is 1.19 bits per heavy atom. The first-order chi connectivity index (χ1) is 12.0. The van der Waals surface area contributed by atoms with Crippen LogP contribution in [0.5, 0.6) is 0 Å². The molecule has 0 unspecified atom stereocenters. The van der Waals surface area contributed by atoms with Crippen LogP contribution >= 0.6 is 31.4 Å². The van der Waals surface area contributed by atoms with Gasteiger partial charge in [0.2, 0.25) is 5.54 Å². The number of aliphatic carboxylic acids is 1. The van der Waals surface area contributed by atoms with Gasteiger partial charge in [0, 0.05) is 29.3 Å². The number of hydrogen-bond acceptors (Lipinski definition) is 8. The number of carbonyl (C=O) groups is 3. The molecular formula is C16H22N2O5S3. The summed E-state index contributed by atoms with van der Waals surface area (Å²) in [6.45, 7) is 4.88. The van der Waals surface area contributed by atoms with Crippen molar-refractivity contribution < 1.29 is 24.2 Å². The number of ether oxygens (including phenoxy) is 1. The van der Waals surface area contributed by atoms with E-state index in [0.717, 1.165) is 37.1 Å². The largest absolute Gasteiger partial charge is 0.479 e. The van der Waals surface area contributed by atoms with Gasteiger partial charge in [0.1, 0.15) is 5.60 Å². The molecule has 7 nitrogen and oxygen atoms in total. The van der Waals surface area contributed by atoms with E-state index in [9.17, 15) is 19.5 Å². The van der Waals surface area contributed by atoms with Gasteiger partial charge in [-0.05, 0) is 42.7 Å². The second kappa shape index (κ2) is 9.54. The zero-order valence-corrected chi connectivity index (χ0v) is 17.4. The molecule has 1 aromatic carbocycles. The molecule has 0 spiro atoms. The summed E-state index contributed by atoms with van der Waals surface area (Å²) in [6.07, 6.45) is 0. The van der Waals surface area contributed by atoms with Crippen molar-refractivity contribution in [1.82, 2.24) is 0 Å². The van der Waals surface area contributed by atoms with Crippen LogP contribution in [0.4, 0.5) is 10.5 Å². The Balaban J connectivity index is 2.57.